The standard InChI is InChI=1S/C14H14N2O2S.Li/c1-12-7-9-14(10-8-12)19(17,18)16-15-11-13-5-3-2-4-6-13;/h2-11,16H,1H3;. The molecule has 0 aliphatic rings. The summed E-state index contributed by atoms with van der Waals surface area (Å²) in [7, 11) is -3.60. The fourth-order valence-corrected chi connectivity index (χ4v) is 2.27. The van der Waals surface area contributed by atoms with E-state index >= 15 is 0 Å². The SMILES string of the molecule is Cc1ccc(S(=O)(=O)NN=Cc2ccccc2)cc1.[Li]. The summed E-state index contributed by atoms with van der Waals surface area (Å²) in [5, 5.41) is 3.75. The summed E-state index contributed by atoms with van der Waals surface area (Å²) in [6.07, 6.45) is 1.46. The van der Waals surface area contributed by atoms with E-state index in [1.807, 2.05) is 37.3 Å². The zero-order valence-corrected chi connectivity index (χ0v) is 12.3. The summed E-state index contributed by atoms with van der Waals surface area (Å²) in [4.78, 5) is 2.38. The molecule has 0 saturated heterocycles. The Morgan fingerprint density at radius 1 is 1.00 bits per heavy atom. The molecule has 0 unspecified atom stereocenters. The molecule has 4 nitrogen and oxygen atoms in total. The number of nitrogens with one attached hydrogen (secondary N) is 1. The van der Waals surface area contributed by atoms with Crippen molar-refractivity contribution in [2.75, 3.05) is 0 Å². The second-order valence-electron chi connectivity index (χ2n) is 4.08. The van der Waals surface area contributed by atoms with Crippen molar-refractivity contribution in [1.29, 1.82) is 0 Å². The van der Waals surface area contributed by atoms with Crippen LogP contribution in [0.15, 0.2) is 64.6 Å². The van der Waals surface area contributed by atoms with Crippen molar-refractivity contribution in [2.45, 2.75) is 11.8 Å². The van der Waals surface area contributed by atoms with Gasteiger partial charge in [0.1, 0.15) is 0 Å². The molecule has 1 N–H and O–H groups in total. The molecule has 0 spiro atoms. The van der Waals surface area contributed by atoms with Gasteiger partial charge in [-0.1, -0.05) is 48.0 Å². The van der Waals surface area contributed by atoms with E-state index in [4.69, 9.17) is 0 Å². The smallest absolute Gasteiger partial charge is 0.200 e. The van der Waals surface area contributed by atoms with Crippen LogP contribution >= 0.6 is 0 Å². The molecule has 0 heterocycles. The molecule has 0 aliphatic heterocycles. The van der Waals surface area contributed by atoms with Gasteiger partial charge in [0, 0.05) is 18.9 Å². The molecular weight excluding hydrogens is 267 g/mol. The van der Waals surface area contributed by atoms with Crippen LogP contribution in [0.25, 0.3) is 0 Å². The minimum Gasteiger partial charge on any atom is -0.200 e. The Kier molecular flexibility index (Phi) is 6.02. The molecule has 0 saturated carbocycles. The fourth-order valence-electron chi connectivity index (χ4n) is 1.48. The van der Waals surface area contributed by atoms with Gasteiger partial charge in [-0.25, -0.2) is 4.83 Å². The van der Waals surface area contributed by atoms with E-state index in [0.29, 0.717) is 0 Å². The zero-order valence-electron chi connectivity index (χ0n) is 11.4. The molecule has 0 aliphatic carbocycles. The first-order valence-corrected chi connectivity index (χ1v) is 7.23. The number of hydrogen-bond donors (Lipinski definition) is 1. The summed E-state index contributed by atoms with van der Waals surface area (Å²) >= 11 is 0. The minimum atomic E-state index is -3.60. The molecule has 2 rings (SSSR count). The third-order valence-electron chi connectivity index (χ3n) is 2.52. The summed E-state index contributed by atoms with van der Waals surface area (Å²) in [5.41, 5.74) is 1.83. The molecule has 0 fully saturated rings. The van der Waals surface area contributed by atoms with Crippen LogP contribution in [0.4, 0.5) is 0 Å². The predicted molar refractivity (Wildman–Crippen MR) is 81.3 cm³/mol. The Morgan fingerprint density at radius 3 is 2.20 bits per heavy atom. The van der Waals surface area contributed by atoms with E-state index in [9.17, 15) is 8.42 Å². The average molecular weight is 281 g/mol. The number of hydrogen-bond acceptors (Lipinski definition) is 3. The molecule has 6 heteroatoms. The van der Waals surface area contributed by atoms with Crippen LogP contribution < -0.4 is 4.83 Å². The van der Waals surface area contributed by atoms with Crippen molar-refractivity contribution in [2.24, 2.45) is 5.10 Å². The quantitative estimate of drug-likeness (QED) is 0.529. The third kappa shape index (κ3) is 4.53. The molecule has 2 aromatic rings. The Hall–Kier alpha value is -1.54. The van der Waals surface area contributed by atoms with Gasteiger partial charge in [0.05, 0.1) is 11.1 Å². The molecule has 0 amide bonds. The van der Waals surface area contributed by atoms with Crippen LogP contribution in [0.5, 0.6) is 0 Å². The Balaban J connectivity index is 0.00000200. The van der Waals surface area contributed by atoms with Gasteiger partial charge in [0.2, 0.25) is 0 Å². The Labute approximate surface area is 131 Å². The monoisotopic (exact) mass is 281 g/mol. The second kappa shape index (κ2) is 7.30. The molecule has 1 radical (unpaired) electrons. The van der Waals surface area contributed by atoms with Gasteiger partial charge in [-0.2, -0.15) is 13.5 Å². The summed E-state index contributed by atoms with van der Waals surface area (Å²) in [6.45, 7) is 1.90. The number of sulfonamides is 1. The molecule has 0 aromatic heterocycles. The van der Waals surface area contributed by atoms with Gasteiger partial charge in [-0.3, -0.25) is 0 Å². The fraction of sp³-hybridized carbons (Fsp3) is 0.0714. The maximum absolute atomic E-state index is 11.9. The van der Waals surface area contributed by atoms with Crippen LogP contribution in [0, 0.1) is 6.92 Å². The van der Waals surface area contributed by atoms with Crippen LogP contribution in [0.1, 0.15) is 11.1 Å². The number of hydrazone groups is 1. The first kappa shape index (κ1) is 16.5. The topological polar surface area (TPSA) is 58.5 Å². The molecular formula is C14H14LiN2O2S. The largest absolute Gasteiger partial charge is 0.276 e. The van der Waals surface area contributed by atoms with Crippen LogP contribution in [0.3, 0.4) is 0 Å². The van der Waals surface area contributed by atoms with Gasteiger partial charge in [0.15, 0.2) is 0 Å². The number of nitrogens with zero attached hydrogens (tertiary/aromatic N) is 1. The van der Waals surface area contributed by atoms with Gasteiger partial charge < -0.3 is 0 Å². The number of aryl methyl sites for hydroxylation is 1. The van der Waals surface area contributed by atoms with Crippen LogP contribution in [-0.4, -0.2) is 33.5 Å². The first-order valence-electron chi connectivity index (χ1n) is 5.74. The van der Waals surface area contributed by atoms with Crippen molar-refractivity contribution >= 4 is 35.1 Å². The summed E-state index contributed by atoms with van der Waals surface area (Å²) in [5.74, 6) is 0. The molecule has 2 aromatic carbocycles. The van der Waals surface area contributed by atoms with Crippen molar-refractivity contribution in [1.82, 2.24) is 4.83 Å². The molecule has 0 bridgehead atoms. The van der Waals surface area contributed by atoms with E-state index in [2.05, 4.69) is 9.93 Å². The predicted octanol–water partition coefficient (Wildman–Crippen LogP) is 1.93. The van der Waals surface area contributed by atoms with Crippen molar-refractivity contribution < 1.29 is 8.42 Å². The zero-order chi connectivity index (χ0) is 13.7. The van der Waals surface area contributed by atoms with Crippen molar-refractivity contribution in [3.05, 3.63) is 65.7 Å². The van der Waals surface area contributed by atoms with Crippen molar-refractivity contribution in [3.8, 4) is 0 Å². The van der Waals surface area contributed by atoms with Gasteiger partial charge >= 0.3 is 0 Å². The minimum absolute atomic E-state index is 0. The Morgan fingerprint density at radius 2 is 1.60 bits per heavy atom. The Bertz CT molecular complexity index is 668. The molecule has 20 heavy (non-hydrogen) atoms. The van der Waals surface area contributed by atoms with Gasteiger partial charge in [-0.05, 0) is 24.6 Å². The maximum atomic E-state index is 11.9. The van der Waals surface area contributed by atoms with Crippen LogP contribution in [-0.2, 0) is 10.0 Å². The molecule has 0 atom stereocenters. The number of rotatable bonds is 4. The van der Waals surface area contributed by atoms with Crippen molar-refractivity contribution in [3.63, 3.8) is 0 Å². The van der Waals surface area contributed by atoms with Crippen LogP contribution in [0.2, 0.25) is 0 Å². The van der Waals surface area contributed by atoms with Gasteiger partial charge in [0.25, 0.3) is 10.0 Å². The second-order valence-corrected chi connectivity index (χ2v) is 5.74. The first-order chi connectivity index (χ1) is 9.08. The molecule has 99 valence electrons. The van der Waals surface area contributed by atoms with Gasteiger partial charge in [-0.15, -0.1) is 0 Å². The van der Waals surface area contributed by atoms with E-state index in [1.165, 1.54) is 6.21 Å². The third-order valence-corrected chi connectivity index (χ3v) is 3.76. The van der Waals surface area contributed by atoms with E-state index < -0.39 is 10.0 Å². The van der Waals surface area contributed by atoms with E-state index in [0.717, 1.165) is 11.1 Å². The average Bonchev–Trinajstić information content (AvgIpc) is 2.40. The number of benzene rings is 2. The van der Waals surface area contributed by atoms with E-state index in [-0.39, 0.29) is 23.8 Å². The van der Waals surface area contributed by atoms with E-state index in [1.54, 1.807) is 24.3 Å². The normalized spacial score (nSPS) is 11.1. The summed E-state index contributed by atoms with van der Waals surface area (Å²) < 4.78 is 23.8. The maximum Gasteiger partial charge on any atom is 0.276 e. The summed E-state index contributed by atoms with van der Waals surface area (Å²) in [6, 6.07) is 15.9.